The molecule has 2 heterocycles. The van der Waals surface area contributed by atoms with Gasteiger partial charge in [-0.3, -0.25) is 0 Å². The summed E-state index contributed by atoms with van der Waals surface area (Å²) in [6.07, 6.45) is 8.54. The first-order chi connectivity index (χ1) is 5.42. The molecule has 52 valence electrons. The Balaban J connectivity index is 2.92. The lowest BCUT2D eigenvalue weighted by molar-refractivity contribution is 0.959. The third-order valence-electron chi connectivity index (χ3n) is 1.46. The Labute approximate surface area is 63.7 Å². The van der Waals surface area contributed by atoms with Crippen molar-refractivity contribution in [3.63, 3.8) is 0 Å². The summed E-state index contributed by atoms with van der Waals surface area (Å²) in [5, 5.41) is 3.94. The van der Waals surface area contributed by atoms with Crippen molar-refractivity contribution in [2.75, 3.05) is 0 Å². The van der Waals surface area contributed by atoms with E-state index < -0.39 is 0 Å². The van der Waals surface area contributed by atoms with E-state index in [-0.39, 0.29) is 0 Å². The molecule has 3 nitrogen and oxygen atoms in total. The fourth-order valence-corrected chi connectivity index (χ4v) is 0.960. The maximum absolute atomic E-state index is 5.24. The van der Waals surface area contributed by atoms with Gasteiger partial charge in [0, 0.05) is 6.20 Å². The molecule has 0 aliphatic heterocycles. The van der Waals surface area contributed by atoms with Crippen molar-refractivity contribution in [3.05, 3.63) is 30.2 Å². The van der Waals surface area contributed by atoms with Crippen LogP contribution in [0.5, 0.6) is 0 Å². The summed E-state index contributed by atoms with van der Waals surface area (Å²) in [6.45, 7) is 0. The van der Waals surface area contributed by atoms with Crippen LogP contribution in [0.1, 0.15) is 5.56 Å². The SMILES string of the molecule is C#Cc1cccn2ncnc12. The number of terminal acetylenes is 1. The largest absolute Gasteiger partial charge is 0.220 e. The highest BCUT2D eigenvalue weighted by Gasteiger charge is 1.97. The highest BCUT2D eigenvalue weighted by Crippen LogP contribution is 2.03. The molecule has 0 spiro atoms. The van der Waals surface area contributed by atoms with E-state index in [1.54, 1.807) is 4.52 Å². The first-order valence-corrected chi connectivity index (χ1v) is 3.17. The van der Waals surface area contributed by atoms with Crippen molar-refractivity contribution >= 4 is 5.65 Å². The average Bonchev–Trinajstić information content (AvgIpc) is 2.50. The molecule has 0 atom stereocenters. The Hall–Kier alpha value is -1.82. The average molecular weight is 143 g/mol. The third-order valence-corrected chi connectivity index (χ3v) is 1.46. The standard InChI is InChI=1S/C8H5N3/c1-2-7-4-3-5-11-8(7)9-6-10-11/h1,3-6H. The number of rotatable bonds is 0. The quantitative estimate of drug-likeness (QED) is 0.508. The van der Waals surface area contributed by atoms with Crippen molar-refractivity contribution in [1.82, 2.24) is 14.6 Å². The zero-order valence-corrected chi connectivity index (χ0v) is 5.73. The smallest absolute Gasteiger partial charge is 0.170 e. The van der Waals surface area contributed by atoms with Gasteiger partial charge in [-0.05, 0) is 12.1 Å². The van der Waals surface area contributed by atoms with Gasteiger partial charge in [-0.2, -0.15) is 5.10 Å². The summed E-state index contributed by atoms with van der Waals surface area (Å²) < 4.78 is 1.65. The molecule has 0 saturated heterocycles. The van der Waals surface area contributed by atoms with Crippen LogP contribution in [0.15, 0.2) is 24.7 Å². The van der Waals surface area contributed by atoms with Gasteiger partial charge < -0.3 is 0 Å². The molecule has 0 fully saturated rings. The molecule has 0 radical (unpaired) electrons. The van der Waals surface area contributed by atoms with Crippen LogP contribution in [0.25, 0.3) is 5.65 Å². The number of pyridine rings is 1. The molecule has 0 aromatic carbocycles. The van der Waals surface area contributed by atoms with E-state index in [1.165, 1.54) is 6.33 Å². The van der Waals surface area contributed by atoms with E-state index in [0.29, 0.717) is 0 Å². The molecule has 2 rings (SSSR count). The number of hydrogen-bond donors (Lipinski definition) is 0. The molecule has 2 aromatic rings. The van der Waals surface area contributed by atoms with Gasteiger partial charge in [-0.1, -0.05) is 5.92 Å². The first kappa shape index (κ1) is 5.93. The van der Waals surface area contributed by atoms with Gasteiger partial charge in [-0.15, -0.1) is 6.42 Å². The maximum atomic E-state index is 5.24. The van der Waals surface area contributed by atoms with Crippen LogP contribution in [0.3, 0.4) is 0 Å². The lowest BCUT2D eigenvalue weighted by Gasteiger charge is -1.91. The molecule has 3 heteroatoms. The van der Waals surface area contributed by atoms with E-state index >= 15 is 0 Å². The molecule has 0 saturated carbocycles. The third kappa shape index (κ3) is 0.767. The number of fused-ring (bicyclic) bond motifs is 1. The second kappa shape index (κ2) is 2.10. The molecule has 0 unspecified atom stereocenters. The molecule has 2 aromatic heterocycles. The minimum atomic E-state index is 0.731. The molecule has 11 heavy (non-hydrogen) atoms. The van der Waals surface area contributed by atoms with Gasteiger partial charge in [0.25, 0.3) is 0 Å². The van der Waals surface area contributed by atoms with Crippen molar-refractivity contribution in [3.8, 4) is 12.3 Å². The molecule has 0 N–H and O–H groups in total. The zero-order chi connectivity index (χ0) is 7.68. The van der Waals surface area contributed by atoms with Crippen LogP contribution in [0.4, 0.5) is 0 Å². The summed E-state index contributed by atoms with van der Waals surface area (Å²) in [6, 6.07) is 3.68. The van der Waals surface area contributed by atoms with Crippen LogP contribution in [-0.2, 0) is 0 Å². The predicted molar refractivity (Wildman–Crippen MR) is 40.9 cm³/mol. The Morgan fingerprint density at radius 3 is 3.27 bits per heavy atom. The van der Waals surface area contributed by atoms with Gasteiger partial charge in [0.05, 0.1) is 5.56 Å². The Bertz CT molecular complexity index is 422. The summed E-state index contributed by atoms with van der Waals surface area (Å²) in [5.41, 5.74) is 1.50. The van der Waals surface area contributed by atoms with E-state index in [1.807, 2.05) is 18.3 Å². The van der Waals surface area contributed by atoms with Gasteiger partial charge in [0.15, 0.2) is 5.65 Å². The molecule has 0 aliphatic carbocycles. The molecule has 0 amide bonds. The Morgan fingerprint density at radius 2 is 2.45 bits per heavy atom. The fourth-order valence-electron chi connectivity index (χ4n) is 0.960. The van der Waals surface area contributed by atoms with Crippen LogP contribution < -0.4 is 0 Å². The summed E-state index contributed by atoms with van der Waals surface area (Å²) >= 11 is 0. The van der Waals surface area contributed by atoms with E-state index in [9.17, 15) is 0 Å². The number of nitrogens with zero attached hydrogens (tertiary/aromatic N) is 3. The van der Waals surface area contributed by atoms with E-state index in [0.717, 1.165) is 11.2 Å². The first-order valence-electron chi connectivity index (χ1n) is 3.17. The Kier molecular flexibility index (Phi) is 1.13. The minimum Gasteiger partial charge on any atom is -0.220 e. The molecule has 0 aliphatic rings. The molecular formula is C8H5N3. The topological polar surface area (TPSA) is 30.2 Å². The summed E-state index contributed by atoms with van der Waals surface area (Å²) in [4.78, 5) is 4.00. The van der Waals surface area contributed by atoms with Crippen LogP contribution in [-0.4, -0.2) is 14.6 Å². The van der Waals surface area contributed by atoms with Crippen molar-refractivity contribution in [2.45, 2.75) is 0 Å². The maximum Gasteiger partial charge on any atom is 0.170 e. The van der Waals surface area contributed by atoms with E-state index in [4.69, 9.17) is 6.42 Å². The summed E-state index contributed by atoms with van der Waals surface area (Å²) in [5.74, 6) is 2.53. The predicted octanol–water partition coefficient (Wildman–Crippen LogP) is 0.711. The highest BCUT2D eigenvalue weighted by molar-refractivity contribution is 5.54. The van der Waals surface area contributed by atoms with Crippen LogP contribution in [0, 0.1) is 12.3 Å². The zero-order valence-electron chi connectivity index (χ0n) is 5.73. The molecule has 0 bridgehead atoms. The highest BCUT2D eigenvalue weighted by atomic mass is 15.3. The minimum absolute atomic E-state index is 0.731. The Morgan fingerprint density at radius 1 is 1.55 bits per heavy atom. The monoisotopic (exact) mass is 143 g/mol. The van der Waals surface area contributed by atoms with Gasteiger partial charge in [-0.25, -0.2) is 9.50 Å². The van der Waals surface area contributed by atoms with Crippen LogP contribution in [0.2, 0.25) is 0 Å². The second-order valence-corrected chi connectivity index (χ2v) is 2.09. The normalized spacial score (nSPS) is 9.73. The van der Waals surface area contributed by atoms with Gasteiger partial charge >= 0.3 is 0 Å². The summed E-state index contributed by atoms with van der Waals surface area (Å²) in [7, 11) is 0. The second-order valence-electron chi connectivity index (χ2n) is 2.09. The van der Waals surface area contributed by atoms with Crippen molar-refractivity contribution in [2.24, 2.45) is 0 Å². The van der Waals surface area contributed by atoms with E-state index in [2.05, 4.69) is 16.0 Å². The number of hydrogen-bond acceptors (Lipinski definition) is 2. The molecular weight excluding hydrogens is 138 g/mol. The fraction of sp³-hybridized carbons (Fsp3) is 0. The van der Waals surface area contributed by atoms with Gasteiger partial charge in [0.1, 0.15) is 6.33 Å². The lowest BCUT2D eigenvalue weighted by Crippen LogP contribution is -1.88. The van der Waals surface area contributed by atoms with Crippen LogP contribution >= 0.6 is 0 Å². The van der Waals surface area contributed by atoms with Gasteiger partial charge in [0.2, 0.25) is 0 Å². The van der Waals surface area contributed by atoms with Crippen molar-refractivity contribution < 1.29 is 0 Å². The lowest BCUT2D eigenvalue weighted by atomic mass is 10.3. The van der Waals surface area contributed by atoms with Crippen molar-refractivity contribution in [1.29, 1.82) is 0 Å². The number of aromatic nitrogens is 3.